The second-order valence-electron chi connectivity index (χ2n) is 23.3. The van der Waals surface area contributed by atoms with Gasteiger partial charge in [0, 0.05) is 49.7 Å². The SMILES string of the molecule is CC(=O)O[C@H]1CC[C@H]2[C@@H]3[C@H](C/C=C/C(=O)OCc4ccccc4COC(=O)/C=C/C[C@@H]4CC5=CC(=O)CC[C@]5(C)[C@H]5CC[C@]6(C)[C@@H](OC(C)=O)CC[C@H]6[C@H]45)CC4=CC(=O)CC[C@]4(C)[C@H]3CC[C@]12C. The molecule has 0 spiro atoms. The van der Waals surface area contributed by atoms with Crippen LogP contribution in [0.3, 0.4) is 0 Å². The van der Waals surface area contributed by atoms with Gasteiger partial charge in [0.15, 0.2) is 11.6 Å². The Bertz CT molecular complexity index is 2160. The number of hydrogen-bond acceptors (Lipinski definition) is 10. The van der Waals surface area contributed by atoms with Crippen LogP contribution < -0.4 is 0 Å². The van der Waals surface area contributed by atoms with Crippen LogP contribution in [0.2, 0.25) is 0 Å². The number of ether oxygens (including phenoxy) is 4. The van der Waals surface area contributed by atoms with Gasteiger partial charge in [0.2, 0.25) is 0 Å². The highest BCUT2D eigenvalue weighted by atomic mass is 16.6. The number of allylic oxidation sites excluding steroid dienone is 4. The third-order valence-corrected chi connectivity index (χ3v) is 20.0. The lowest BCUT2D eigenvalue weighted by Gasteiger charge is -2.60. The Morgan fingerprint density at radius 3 is 1.38 bits per heavy atom. The second kappa shape index (κ2) is 19.0. The van der Waals surface area contributed by atoms with E-state index in [1.54, 1.807) is 0 Å². The third-order valence-electron chi connectivity index (χ3n) is 20.0. The summed E-state index contributed by atoms with van der Waals surface area (Å²) in [6.45, 7) is 12.5. The topological polar surface area (TPSA) is 139 Å². The van der Waals surface area contributed by atoms with Crippen molar-refractivity contribution in [3.8, 4) is 0 Å². The average molecular weight is 931 g/mol. The van der Waals surface area contributed by atoms with Gasteiger partial charge >= 0.3 is 23.9 Å². The highest BCUT2D eigenvalue weighted by Gasteiger charge is 2.63. The maximum absolute atomic E-state index is 13.3. The summed E-state index contributed by atoms with van der Waals surface area (Å²) >= 11 is 0. The van der Waals surface area contributed by atoms with Gasteiger partial charge in [-0.25, -0.2) is 9.59 Å². The van der Waals surface area contributed by atoms with Crippen LogP contribution in [0.1, 0.15) is 155 Å². The Labute approximate surface area is 403 Å². The molecule has 8 aliphatic carbocycles. The van der Waals surface area contributed by atoms with Crippen LogP contribution in [-0.4, -0.2) is 47.7 Å². The van der Waals surface area contributed by atoms with E-state index >= 15 is 0 Å². The molecule has 0 aliphatic heterocycles. The van der Waals surface area contributed by atoms with Gasteiger partial charge in [-0.1, -0.05) is 75.3 Å². The van der Waals surface area contributed by atoms with Gasteiger partial charge in [-0.05, 0) is 171 Å². The summed E-state index contributed by atoms with van der Waals surface area (Å²) in [6, 6.07) is 7.51. The van der Waals surface area contributed by atoms with E-state index in [1.165, 1.54) is 37.1 Å². The van der Waals surface area contributed by atoms with E-state index in [4.69, 9.17) is 18.9 Å². The van der Waals surface area contributed by atoms with Gasteiger partial charge in [-0.2, -0.15) is 0 Å². The number of hydrogen-bond donors (Lipinski definition) is 0. The lowest BCUT2D eigenvalue weighted by Crippen LogP contribution is -2.54. The van der Waals surface area contributed by atoms with Gasteiger partial charge in [0.05, 0.1) is 0 Å². The molecule has 9 rings (SSSR count). The van der Waals surface area contributed by atoms with Crippen molar-refractivity contribution in [3.63, 3.8) is 0 Å². The van der Waals surface area contributed by atoms with Crippen molar-refractivity contribution in [2.75, 3.05) is 0 Å². The molecule has 68 heavy (non-hydrogen) atoms. The van der Waals surface area contributed by atoms with Crippen molar-refractivity contribution in [1.29, 1.82) is 0 Å². The van der Waals surface area contributed by atoms with Crippen molar-refractivity contribution >= 4 is 35.4 Å². The minimum atomic E-state index is -0.440. The molecule has 6 fully saturated rings. The summed E-state index contributed by atoms with van der Waals surface area (Å²) in [7, 11) is 0. The van der Waals surface area contributed by atoms with Crippen LogP contribution in [0, 0.1) is 69.0 Å². The number of ketones is 2. The number of carbonyl (C=O) groups excluding carboxylic acids is 6. The van der Waals surface area contributed by atoms with E-state index in [1.807, 2.05) is 48.6 Å². The van der Waals surface area contributed by atoms with Crippen LogP contribution in [0.15, 0.2) is 71.9 Å². The Morgan fingerprint density at radius 1 is 0.574 bits per heavy atom. The Kier molecular flexibility index (Phi) is 13.5. The van der Waals surface area contributed by atoms with Crippen molar-refractivity contribution in [1.82, 2.24) is 0 Å². The summed E-state index contributed by atoms with van der Waals surface area (Å²) in [5, 5.41) is 0. The molecule has 0 radical (unpaired) electrons. The van der Waals surface area contributed by atoms with E-state index in [9.17, 15) is 28.8 Å². The molecule has 1 aromatic rings. The Balaban J connectivity index is 0.812. The molecule has 14 atom stereocenters. The molecular formula is C58H74O10. The number of fused-ring (bicyclic) bond motifs is 10. The molecule has 1 aromatic carbocycles. The van der Waals surface area contributed by atoms with Crippen molar-refractivity contribution in [3.05, 3.63) is 83.0 Å². The third kappa shape index (κ3) is 8.93. The summed E-state index contributed by atoms with van der Waals surface area (Å²) < 4.78 is 23.4. The fraction of sp³-hybridized carbons (Fsp3) is 0.655. The zero-order valence-corrected chi connectivity index (χ0v) is 41.4. The molecule has 366 valence electrons. The molecule has 0 saturated heterocycles. The summed E-state index contributed by atoms with van der Waals surface area (Å²) in [5.74, 6) is 2.09. The molecule has 0 amide bonds. The molecule has 0 N–H and O–H groups in total. The van der Waals surface area contributed by atoms with E-state index in [2.05, 4.69) is 27.7 Å². The first-order valence-electron chi connectivity index (χ1n) is 26.0. The first-order valence-corrected chi connectivity index (χ1v) is 26.0. The molecule has 8 aliphatic rings. The van der Waals surface area contributed by atoms with Crippen LogP contribution in [0.5, 0.6) is 0 Å². The van der Waals surface area contributed by atoms with E-state index in [0.717, 1.165) is 88.2 Å². The molecule has 10 heteroatoms. The van der Waals surface area contributed by atoms with E-state index in [0.29, 0.717) is 61.2 Å². The van der Waals surface area contributed by atoms with E-state index in [-0.39, 0.29) is 82.4 Å². The van der Waals surface area contributed by atoms with Gasteiger partial charge < -0.3 is 18.9 Å². The number of rotatable bonds is 12. The molecule has 0 unspecified atom stereocenters. The largest absolute Gasteiger partial charge is 0.462 e. The van der Waals surface area contributed by atoms with Crippen LogP contribution in [-0.2, 0) is 60.9 Å². The number of carbonyl (C=O) groups is 6. The lowest BCUT2D eigenvalue weighted by atomic mass is 9.44. The highest BCUT2D eigenvalue weighted by molar-refractivity contribution is 5.92. The zero-order valence-electron chi connectivity index (χ0n) is 41.4. The summed E-state index contributed by atoms with van der Waals surface area (Å²) in [4.78, 5) is 76.2. The Morgan fingerprint density at radius 2 is 0.985 bits per heavy atom. The fourth-order valence-corrected chi connectivity index (χ4v) is 16.5. The number of esters is 4. The predicted molar refractivity (Wildman–Crippen MR) is 256 cm³/mol. The van der Waals surface area contributed by atoms with Crippen molar-refractivity contribution in [2.24, 2.45) is 69.0 Å². The molecule has 0 aromatic heterocycles. The van der Waals surface area contributed by atoms with Crippen LogP contribution in [0.4, 0.5) is 0 Å². The van der Waals surface area contributed by atoms with Crippen molar-refractivity contribution < 1.29 is 47.7 Å². The summed E-state index contributed by atoms with van der Waals surface area (Å²) in [6.07, 6.45) is 24.5. The quantitative estimate of drug-likeness (QED) is 0.113. The van der Waals surface area contributed by atoms with Gasteiger partial charge in [0.1, 0.15) is 25.4 Å². The summed E-state index contributed by atoms with van der Waals surface area (Å²) in [5.41, 5.74) is 3.85. The maximum Gasteiger partial charge on any atom is 0.330 e. The lowest BCUT2D eigenvalue weighted by molar-refractivity contribution is -0.159. The van der Waals surface area contributed by atoms with Crippen molar-refractivity contribution in [2.45, 2.75) is 170 Å². The first kappa shape index (κ1) is 48.4. The van der Waals surface area contributed by atoms with Gasteiger partial charge in [-0.15, -0.1) is 0 Å². The van der Waals surface area contributed by atoms with E-state index < -0.39 is 11.9 Å². The standard InChI is InChI=1S/C58H74O10/c1-35(59)67-49-19-17-45-53-37(29-41-31-43(61)21-25-55(41,3)47(53)23-27-57(45,49)5)13-9-15-51(63)65-33-39-11-7-8-12-40(39)34-66-52(64)16-10-14-38-30-42-32-44(62)22-26-56(42,4)48-24-28-58(6)46(54(38)48)18-20-50(58)68-36(2)60/h7-12,15-16,31-32,37-38,45-50,53-54H,13-14,17-30,33-34H2,1-6H3/b15-9+,16-10+/t37-,38-,45+,46+,47+,48+,49+,50+,53+,54+,55+,56+,57+,58+/m1/s1. The average Bonchev–Trinajstić information content (AvgIpc) is 3.80. The molecule has 10 nitrogen and oxygen atoms in total. The highest BCUT2D eigenvalue weighted by Crippen LogP contribution is 2.69. The fourth-order valence-electron chi connectivity index (χ4n) is 16.5. The predicted octanol–water partition coefficient (Wildman–Crippen LogP) is 11.0. The minimum absolute atomic E-state index is 0.0123. The zero-order chi connectivity index (χ0) is 48.2. The molecule has 0 bridgehead atoms. The normalized spacial score (nSPS) is 39.3. The van der Waals surface area contributed by atoms with Gasteiger partial charge in [-0.3, -0.25) is 19.2 Å². The monoisotopic (exact) mass is 931 g/mol. The number of benzene rings is 1. The smallest absolute Gasteiger partial charge is 0.330 e. The molecular weight excluding hydrogens is 857 g/mol. The van der Waals surface area contributed by atoms with Gasteiger partial charge in [0.25, 0.3) is 0 Å². The maximum atomic E-state index is 13.3. The van der Waals surface area contributed by atoms with Crippen LogP contribution in [0.25, 0.3) is 0 Å². The Hall–Kier alpha value is -4.60. The second-order valence-corrected chi connectivity index (χ2v) is 23.3. The minimum Gasteiger partial charge on any atom is -0.462 e. The van der Waals surface area contributed by atoms with Crippen LogP contribution >= 0.6 is 0 Å². The molecule has 6 saturated carbocycles. The first-order chi connectivity index (χ1) is 32.4. The molecule has 0 heterocycles.